The number of thioether (sulfide) groups is 1. The molecular formula is C21H20N4S2. The highest BCUT2D eigenvalue weighted by Gasteiger charge is 2.11. The number of hydrogen-bond donors (Lipinski definition) is 0. The summed E-state index contributed by atoms with van der Waals surface area (Å²) in [6.45, 7) is 4.22. The molecule has 6 heteroatoms. The van der Waals surface area contributed by atoms with Crippen molar-refractivity contribution >= 4 is 23.1 Å². The van der Waals surface area contributed by atoms with E-state index >= 15 is 0 Å². The monoisotopic (exact) mass is 392 g/mol. The summed E-state index contributed by atoms with van der Waals surface area (Å²) in [4.78, 5) is 4.78. The fraction of sp³-hybridized carbons (Fsp3) is 0.190. The zero-order chi connectivity index (χ0) is 18.6. The SMILES string of the molecule is Cc1ccc(-n2cnnc2SCc2csc(Cc3ccccc3)n2)c(C)c1. The molecule has 0 unspecified atom stereocenters. The number of rotatable bonds is 6. The fourth-order valence-corrected chi connectivity index (χ4v) is 4.72. The molecule has 0 atom stereocenters. The van der Waals surface area contributed by atoms with E-state index in [0.717, 1.165) is 33.7 Å². The van der Waals surface area contributed by atoms with Crippen LogP contribution in [0.2, 0.25) is 0 Å². The number of aryl methyl sites for hydroxylation is 2. The number of hydrogen-bond acceptors (Lipinski definition) is 5. The van der Waals surface area contributed by atoms with Gasteiger partial charge in [0.1, 0.15) is 6.33 Å². The van der Waals surface area contributed by atoms with E-state index in [0.29, 0.717) is 0 Å². The van der Waals surface area contributed by atoms with Crippen LogP contribution < -0.4 is 0 Å². The van der Waals surface area contributed by atoms with Gasteiger partial charge in [0.15, 0.2) is 5.16 Å². The van der Waals surface area contributed by atoms with Crippen molar-refractivity contribution in [1.29, 1.82) is 0 Å². The van der Waals surface area contributed by atoms with Crippen LogP contribution in [0, 0.1) is 13.8 Å². The van der Waals surface area contributed by atoms with Crippen molar-refractivity contribution in [1.82, 2.24) is 19.7 Å². The minimum Gasteiger partial charge on any atom is -0.276 e. The summed E-state index contributed by atoms with van der Waals surface area (Å²) in [5.41, 5.74) is 5.98. The molecule has 0 spiro atoms. The first-order valence-corrected chi connectivity index (χ1v) is 10.6. The molecule has 4 nitrogen and oxygen atoms in total. The van der Waals surface area contributed by atoms with Gasteiger partial charge in [0.2, 0.25) is 0 Å². The molecule has 136 valence electrons. The lowest BCUT2D eigenvalue weighted by Gasteiger charge is -2.09. The summed E-state index contributed by atoms with van der Waals surface area (Å²) >= 11 is 3.39. The topological polar surface area (TPSA) is 43.6 Å². The number of nitrogens with zero attached hydrogens (tertiary/aromatic N) is 4. The predicted octanol–water partition coefficient (Wildman–Crippen LogP) is 5.22. The lowest BCUT2D eigenvalue weighted by Crippen LogP contribution is -1.98. The maximum absolute atomic E-state index is 4.78. The molecule has 0 saturated carbocycles. The second kappa shape index (κ2) is 8.06. The number of aromatic nitrogens is 4. The fourth-order valence-electron chi connectivity index (χ4n) is 2.97. The van der Waals surface area contributed by atoms with E-state index in [9.17, 15) is 0 Å². The molecule has 0 aliphatic carbocycles. The van der Waals surface area contributed by atoms with Crippen LogP contribution in [0.4, 0.5) is 0 Å². The molecule has 4 rings (SSSR count). The van der Waals surface area contributed by atoms with E-state index in [1.54, 1.807) is 29.4 Å². The van der Waals surface area contributed by atoms with Gasteiger partial charge in [-0.3, -0.25) is 4.57 Å². The average molecular weight is 393 g/mol. The molecule has 2 aromatic carbocycles. The van der Waals surface area contributed by atoms with Gasteiger partial charge in [-0.2, -0.15) is 0 Å². The molecule has 0 radical (unpaired) electrons. The predicted molar refractivity (Wildman–Crippen MR) is 112 cm³/mol. The van der Waals surface area contributed by atoms with Gasteiger partial charge in [0, 0.05) is 17.6 Å². The molecule has 2 aromatic heterocycles. The molecular weight excluding hydrogens is 372 g/mol. The lowest BCUT2D eigenvalue weighted by molar-refractivity contribution is 0.876. The molecule has 27 heavy (non-hydrogen) atoms. The normalized spacial score (nSPS) is 11.0. The minimum absolute atomic E-state index is 0.787. The smallest absolute Gasteiger partial charge is 0.196 e. The largest absolute Gasteiger partial charge is 0.276 e. The van der Waals surface area contributed by atoms with E-state index in [4.69, 9.17) is 4.98 Å². The van der Waals surface area contributed by atoms with Gasteiger partial charge in [-0.05, 0) is 31.0 Å². The highest BCUT2D eigenvalue weighted by atomic mass is 32.2. The molecule has 0 amide bonds. The molecule has 0 bridgehead atoms. The summed E-state index contributed by atoms with van der Waals surface area (Å²) in [5.74, 6) is 0.787. The van der Waals surface area contributed by atoms with Gasteiger partial charge < -0.3 is 0 Å². The lowest BCUT2D eigenvalue weighted by atomic mass is 10.1. The van der Waals surface area contributed by atoms with Gasteiger partial charge in [-0.25, -0.2) is 4.98 Å². The highest BCUT2D eigenvalue weighted by Crippen LogP contribution is 2.26. The van der Waals surface area contributed by atoms with Crippen LogP contribution in [0.15, 0.2) is 65.4 Å². The molecule has 0 saturated heterocycles. The Labute approximate surface area is 167 Å². The van der Waals surface area contributed by atoms with Crippen molar-refractivity contribution < 1.29 is 0 Å². The Hall–Kier alpha value is -2.44. The minimum atomic E-state index is 0.787. The van der Waals surface area contributed by atoms with E-state index in [-0.39, 0.29) is 0 Å². The third-order valence-corrected chi connectivity index (χ3v) is 6.15. The van der Waals surface area contributed by atoms with E-state index < -0.39 is 0 Å². The summed E-state index contributed by atoms with van der Waals surface area (Å²) in [5, 5.41) is 12.6. The van der Waals surface area contributed by atoms with Crippen LogP contribution in [-0.4, -0.2) is 19.7 Å². The van der Waals surface area contributed by atoms with Gasteiger partial charge in [-0.1, -0.05) is 59.8 Å². The van der Waals surface area contributed by atoms with Crippen LogP contribution in [0.3, 0.4) is 0 Å². The first-order chi connectivity index (χ1) is 13.2. The van der Waals surface area contributed by atoms with E-state index in [1.165, 1.54) is 16.7 Å². The van der Waals surface area contributed by atoms with E-state index in [1.807, 2.05) is 6.07 Å². The van der Waals surface area contributed by atoms with Crippen molar-refractivity contribution in [3.8, 4) is 5.69 Å². The maximum atomic E-state index is 4.78. The Morgan fingerprint density at radius 3 is 2.74 bits per heavy atom. The van der Waals surface area contributed by atoms with Crippen molar-refractivity contribution in [2.45, 2.75) is 31.2 Å². The van der Waals surface area contributed by atoms with E-state index in [2.05, 4.69) is 76.5 Å². The average Bonchev–Trinajstić information content (AvgIpc) is 3.30. The summed E-state index contributed by atoms with van der Waals surface area (Å²) in [6, 6.07) is 16.9. The third-order valence-electron chi connectivity index (χ3n) is 4.27. The molecule has 0 aliphatic heterocycles. The Kier molecular flexibility index (Phi) is 5.36. The van der Waals surface area contributed by atoms with Gasteiger partial charge in [-0.15, -0.1) is 21.5 Å². The van der Waals surface area contributed by atoms with Crippen LogP contribution in [0.5, 0.6) is 0 Å². The first kappa shape index (κ1) is 17.9. The Morgan fingerprint density at radius 1 is 1.07 bits per heavy atom. The second-order valence-corrected chi connectivity index (χ2v) is 8.34. The van der Waals surface area contributed by atoms with Gasteiger partial charge in [0.05, 0.1) is 16.4 Å². The van der Waals surface area contributed by atoms with Crippen molar-refractivity contribution in [2.75, 3.05) is 0 Å². The quantitative estimate of drug-likeness (QED) is 0.422. The summed E-state index contributed by atoms with van der Waals surface area (Å²) < 4.78 is 2.05. The number of benzene rings is 2. The zero-order valence-electron chi connectivity index (χ0n) is 15.3. The summed E-state index contributed by atoms with van der Waals surface area (Å²) in [7, 11) is 0. The Morgan fingerprint density at radius 2 is 1.93 bits per heavy atom. The Bertz CT molecular complexity index is 1040. The van der Waals surface area contributed by atoms with Crippen LogP contribution in [0.25, 0.3) is 5.69 Å². The number of thiazole rings is 1. The first-order valence-electron chi connectivity index (χ1n) is 8.77. The van der Waals surface area contributed by atoms with Crippen LogP contribution >= 0.6 is 23.1 Å². The Balaban J connectivity index is 1.45. The van der Waals surface area contributed by atoms with Gasteiger partial charge in [0.25, 0.3) is 0 Å². The molecule has 0 fully saturated rings. The standard InChI is InChI=1S/C21H20N4S2/c1-15-8-9-19(16(2)10-15)25-14-22-24-21(25)27-13-18-12-26-20(23-18)11-17-6-4-3-5-7-17/h3-10,12,14H,11,13H2,1-2H3. The molecule has 2 heterocycles. The van der Waals surface area contributed by atoms with Crippen LogP contribution in [0.1, 0.15) is 27.4 Å². The van der Waals surface area contributed by atoms with Crippen molar-refractivity contribution in [2.24, 2.45) is 0 Å². The van der Waals surface area contributed by atoms with Crippen LogP contribution in [-0.2, 0) is 12.2 Å². The van der Waals surface area contributed by atoms with Crippen molar-refractivity contribution in [3.05, 3.63) is 87.6 Å². The molecule has 0 aliphatic rings. The molecule has 4 aromatic rings. The highest BCUT2D eigenvalue weighted by molar-refractivity contribution is 7.98. The van der Waals surface area contributed by atoms with Gasteiger partial charge >= 0.3 is 0 Å². The third kappa shape index (κ3) is 4.28. The maximum Gasteiger partial charge on any atom is 0.196 e. The van der Waals surface area contributed by atoms with Crippen molar-refractivity contribution in [3.63, 3.8) is 0 Å². The zero-order valence-corrected chi connectivity index (χ0v) is 16.9. The second-order valence-electron chi connectivity index (χ2n) is 6.46. The summed E-state index contributed by atoms with van der Waals surface area (Å²) in [6.07, 6.45) is 2.66. The molecule has 0 N–H and O–H groups in total.